The summed E-state index contributed by atoms with van der Waals surface area (Å²) in [6.45, 7) is 11.2. The molecule has 1 aromatic heterocycles. The van der Waals surface area contributed by atoms with E-state index in [4.69, 9.17) is 4.74 Å². The molecule has 2 heterocycles. The van der Waals surface area contributed by atoms with Gasteiger partial charge in [-0.15, -0.1) is 0 Å². The van der Waals surface area contributed by atoms with Crippen LogP contribution in [0.1, 0.15) is 44.4 Å². The van der Waals surface area contributed by atoms with Gasteiger partial charge in [0.05, 0.1) is 0 Å². The highest BCUT2D eigenvalue weighted by atomic mass is 16.6. The van der Waals surface area contributed by atoms with Crippen molar-refractivity contribution in [3.05, 3.63) is 29.4 Å². The Morgan fingerprint density at radius 1 is 1.22 bits per heavy atom. The third-order valence-corrected chi connectivity index (χ3v) is 4.31. The van der Waals surface area contributed by atoms with Gasteiger partial charge >= 0.3 is 6.09 Å². The number of ether oxygens (including phenoxy) is 1. The summed E-state index contributed by atoms with van der Waals surface area (Å²) >= 11 is 0. The van der Waals surface area contributed by atoms with Crippen molar-refractivity contribution in [2.45, 2.75) is 46.6 Å². The summed E-state index contributed by atoms with van der Waals surface area (Å²) in [5, 5.41) is 0. The molecule has 23 heavy (non-hydrogen) atoms. The van der Waals surface area contributed by atoms with Crippen molar-refractivity contribution in [3.8, 4) is 0 Å². The molecule has 1 amide bonds. The van der Waals surface area contributed by atoms with Crippen LogP contribution in [0.3, 0.4) is 0 Å². The second kappa shape index (κ2) is 5.62. The van der Waals surface area contributed by atoms with Crippen LogP contribution in [-0.4, -0.2) is 39.7 Å². The lowest BCUT2D eigenvalue weighted by Gasteiger charge is -2.24. The van der Waals surface area contributed by atoms with Gasteiger partial charge in [0.15, 0.2) is 5.82 Å². The number of carbonyl (C=O) groups excluding carboxylic acids is 1. The second-order valence-electron chi connectivity index (χ2n) is 7.68. The first-order valence-corrected chi connectivity index (χ1v) is 8.22. The van der Waals surface area contributed by atoms with E-state index in [1.807, 2.05) is 45.6 Å². The molecule has 5 nitrogen and oxygen atoms in total. The number of aryl methyl sites for hydroxylation is 2. The van der Waals surface area contributed by atoms with Gasteiger partial charge in [-0.3, -0.25) is 0 Å². The molecule has 2 atom stereocenters. The third-order valence-electron chi connectivity index (χ3n) is 4.31. The van der Waals surface area contributed by atoms with E-state index >= 15 is 0 Å². The summed E-state index contributed by atoms with van der Waals surface area (Å²) in [5.74, 6) is 1.70. The number of rotatable bonds is 1. The molecule has 1 aromatic rings. The maximum absolute atomic E-state index is 12.2. The first-order valence-electron chi connectivity index (χ1n) is 8.22. The van der Waals surface area contributed by atoms with Crippen molar-refractivity contribution in [1.29, 1.82) is 0 Å². The van der Waals surface area contributed by atoms with Crippen molar-refractivity contribution < 1.29 is 9.53 Å². The molecule has 0 saturated carbocycles. The Kier molecular flexibility index (Phi) is 3.90. The second-order valence-corrected chi connectivity index (χ2v) is 7.68. The molecule has 2 unspecified atom stereocenters. The highest BCUT2D eigenvalue weighted by Gasteiger charge is 2.40. The van der Waals surface area contributed by atoms with E-state index in [0.717, 1.165) is 36.7 Å². The molecule has 3 rings (SSSR count). The van der Waals surface area contributed by atoms with E-state index in [-0.39, 0.29) is 6.09 Å². The van der Waals surface area contributed by atoms with Gasteiger partial charge in [0, 0.05) is 30.4 Å². The third kappa shape index (κ3) is 3.54. The van der Waals surface area contributed by atoms with Gasteiger partial charge in [0.1, 0.15) is 5.60 Å². The fourth-order valence-electron chi connectivity index (χ4n) is 3.42. The molecule has 5 heteroatoms. The van der Waals surface area contributed by atoms with Crippen molar-refractivity contribution in [3.63, 3.8) is 0 Å². The Bertz CT molecular complexity index is 640. The Labute approximate surface area is 137 Å². The Morgan fingerprint density at radius 2 is 1.87 bits per heavy atom. The number of aromatic nitrogens is 2. The number of hydrogen-bond acceptors (Lipinski definition) is 4. The molecule has 0 radical (unpaired) electrons. The van der Waals surface area contributed by atoms with E-state index < -0.39 is 5.60 Å². The lowest BCUT2D eigenvalue weighted by molar-refractivity contribution is 0.0285. The minimum atomic E-state index is -0.442. The van der Waals surface area contributed by atoms with E-state index in [1.54, 1.807) is 0 Å². The molecule has 1 aliphatic heterocycles. The highest BCUT2D eigenvalue weighted by molar-refractivity contribution is 5.70. The minimum Gasteiger partial charge on any atom is -0.444 e. The summed E-state index contributed by atoms with van der Waals surface area (Å²) in [6.07, 6.45) is 2.99. The van der Waals surface area contributed by atoms with Crippen LogP contribution in [0.25, 0.3) is 5.57 Å². The molecular weight excluding hydrogens is 290 g/mol. The predicted molar refractivity (Wildman–Crippen MR) is 88.9 cm³/mol. The summed E-state index contributed by atoms with van der Waals surface area (Å²) in [5.41, 5.74) is 2.78. The van der Waals surface area contributed by atoms with Crippen LogP contribution in [0.2, 0.25) is 0 Å². The summed E-state index contributed by atoms with van der Waals surface area (Å²) < 4.78 is 5.47. The molecule has 0 N–H and O–H groups in total. The van der Waals surface area contributed by atoms with E-state index in [9.17, 15) is 4.79 Å². The minimum absolute atomic E-state index is 0.204. The first kappa shape index (κ1) is 16.0. The zero-order valence-corrected chi connectivity index (χ0v) is 14.6. The van der Waals surface area contributed by atoms with E-state index in [2.05, 4.69) is 16.0 Å². The lowest BCUT2D eigenvalue weighted by Crippen LogP contribution is -2.35. The van der Waals surface area contributed by atoms with Crippen LogP contribution in [0.4, 0.5) is 4.79 Å². The molecule has 0 bridgehead atoms. The summed E-state index contributed by atoms with van der Waals surface area (Å²) in [4.78, 5) is 23.1. The average molecular weight is 315 g/mol. The Balaban J connectivity index is 1.70. The SMILES string of the molecule is Cc1cc(C)nc(C2=CC3CN(C(=O)OC(C)(C)C)CC3C2)n1. The maximum atomic E-state index is 12.2. The van der Waals surface area contributed by atoms with Crippen LogP contribution in [0, 0.1) is 25.7 Å². The normalized spacial score (nSPS) is 23.7. The number of carbonyl (C=O) groups is 1. The van der Waals surface area contributed by atoms with Gasteiger partial charge in [0.25, 0.3) is 0 Å². The number of hydrogen-bond donors (Lipinski definition) is 0. The molecule has 0 spiro atoms. The number of likely N-dealkylation sites (tertiary alicyclic amines) is 1. The van der Waals surface area contributed by atoms with E-state index in [0.29, 0.717) is 11.8 Å². The number of allylic oxidation sites excluding steroid dienone is 1. The quantitative estimate of drug-likeness (QED) is 0.797. The maximum Gasteiger partial charge on any atom is 0.410 e. The summed E-state index contributed by atoms with van der Waals surface area (Å²) in [6, 6.07) is 1.99. The van der Waals surface area contributed by atoms with Crippen LogP contribution in [0.5, 0.6) is 0 Å². The molecular formula is C18H25N3O2. The monoisotopic (exact) mass is 315 g/mol. The van der Waals surface area contributed by atoms with Gasteiger partial charge in [-0.1, -0.05) is 6.08 Å². The smallest absolute Gasteiger partial charge is 0.410 e. The van der Waals surface area contributed by atoms with Crippen molar-refractivity contribution in [2.75, 3.05) is 13.1 Å². The van der Waals surface area contributed by atoms with Crippen molar-refractivity contribution >= 4 is 11.7 Å². The van der Waals surface area contributed by atoms with Gasteiger partial charge < -0.3 is 9.64 Å². The van der Waals surface area contributed by atoms with Gasteiger partial charge in [0.2, 0.25) is 0 Å². The van der Waals surface area contributed by atoms with Crippen LogP contribution in [0.15, 0.2) is 12.1 Å². The van der Waals surface area contributed by atoms with Crippen LogP contribution in [-0.2, 0) is 4.74 Å². The fourth-order valence-corrected chi connectivity index (χ4v) is 3.42. The first-order chi connectivity index (χ1) is 10.7. The average Bonchev–Trinajstić information content (AvgIpc) is 2.92. The zero-order chi connectivity index (χ0) is 16.8. The van der Waals surface area contributed by atoms with Gasteiger partial charge in [-0.05, 0) is 58.6 Å². The number of amides is 1. The predicted octanol–water partition coefficient (Wildman–Crippen LogP) is 3.36. The topological polar surface area (TPSA) is 55.3 Å². The van der Waals surface area contributed by atoms with Crippen LogP contribution >= 0.6 is 0 Å². The number of fused-ring (bicyclic) bond motifs is 1. The molecule has 0 aromatic carbocycles. The fraction of sp³-hybridized carbons (Fsp3) is 0.611. The Morgan fingerprint density at radius 3 is 2.43 bits per heavy atom. The molecule has 2 aliphatic rings. The number of nitrogens with zero attached hydrogens (tertiary/aromatic N) is 3. The van der Waals surface area contributed by atoms with Crippen molar-refractivity contribution in [2.24, 2.45) is 11.8 Å². The zero-order valence-electron chi connectivity index (χ0n) is 14.6. The molecule has 1 aliphatic carbocycles. The van der Waals surface area contributed by atoms with Gasteiger partial charge in [-0.2, -0.15) is 0 Å². The highest BCUT2D eigenvalue weighted by Crippen LogP contribution is 2.40. The van der Waals surface area contributed by atoms with Gasteiger partial charge in [-0.25, -0.2) is 14.8 Å². The van der Waals surface area contributed by atoms with Crippen LogP contribution < -0.4 is 0 Å². The molecule has 124 valence electrons. The lowest BCUT2D eigenvalue weighted by atomic mass is 10.00. The largest absolute Gasteiger partial charge is 0.444 e. The van der Waals surface area contributed by atoms with Crippen molar-refractivity contribution in [1.82, 2.24) is 14.9 Å². The Hall–Kier alpha value is -1.91. The van der Waals surface area contributed by atoms with E-state index in [1.165, 1.54) is 5.57 Å². The summed E-state index contributed by atoms with van der Waals surface area (Å²) in [7, 11) is 0. The molecule has 1 saturated heterocycles. The standard InChI is InChI=1S/C18H25N3O2/c1-11-6-12(2)20-16(19-11)13-7-14-9-21(10-15(14)8-13)17(22)23-18(3,4)5/h6-7,14-15H,8-10H2,1-5H3. The molecule has 1 fully saturated rings.